The van der Waals surface area contributed by atoms with Crippen LogP contribution in [0, 0.1) is 0 Å². The lowest BCUT2D eigenvalue weighted by atomic mass is 10.1. The molecule has 2 heteroatoms. The molecule has 0 amide bonds. The Morgan fingerprint density at radius 1 is 0.240 bits per heavy atom. The van der Waals surface area contributed by atoms with Crippen LogP contribution in [0.1, 0.15) is 11.1 Å². The first-order valence-electron chi connectivity index (χ1n) is 17.4. The highest BCUT2D eigenvalue weighted by Gasteiger charge is 2.46. The Hall–Kier alpha value is -5.12. The van der Waals surface area contributed by atoms with Crippen LogP contribution >= 0.6 is 14.5 Å². The Morgan fingerprint density at radius 3 is 0.680 bits per heavy atom. The molecular formula is C48H40P2+2. The van der Waals surface area contributed by atoms with Crippen LogP contribution in [0.3, 0.4) is 0 Å². The van der Waals surface area contributed by atoms with Crippen molar-refractivity contribution in [3.05, 3.63) is 230 Å². The molecule has 240 valence electrons. The SMILES string of the molecule is c1ccc([P+](Cc2ccc3cc(C[P+](c4ccccc4)(c4ccccc4)c4ccccc4)ccc3c2)(c2ccccc2)c2ccccc2)cc1. The molecule has 0 nitrogen and oxygen atoms in total. The molecule has 0 bridgehead atoms. The van der Waals surface area contributed by atoms with Crippen LogP contribution in [0.4, 0.5) is 0 Å². The number of hydrogen-bond donors (Lipinski definition) is 0. The van der Waals surface area contributed by atoms with Gasteiger partial charge in [0.15, 0.2) is 0 Å². The van der Waals surface area contributed by atoms with Crippen molar-refractivity contribution >= 4 is 57.1 Å². The Morgan fingerprint density at radius 2 is 0.460 bits per heavy atom. The summed E-state index contributed by atoms with van der Waals surface area (Å²) in [5.74, 6) is 0. The lowest BCUT2D eigenvalue weighted by molar-refractivity contribution is 1.39. The van der Waals surface area contributed by atoms with Crippen LogP contribution in [-0.2, 0) is 12.3 Å². The Labute approximate surface area is 297 Å². The minimum absolute atomic E-state index is 0.966. The van der Waals surface area contributed by atoms with Crippen molar-refractivity contribution in [1.29, 1.82) is 0 Å². The van der Waals surface area contributed by atoms with Crippen LogP contribution < -0.4 is 31.8 Å². The van der Waals surface area contributed by atoms with Gasteiger partial charge in [-0.1, -0.05) is 133 Å². The van der Waals surface area contributed by atoms with Crippen LogP contribution in [-0.4, -0.2) is 0 Å². The molecule has 0 saturated heterocycles. The third-order valence-electron chi connectivity index (χ3n) is 9.99. The van der Waals surface area contributed by atoms with Crippen molar-refractivity contribution in [1.82, 2.24) is 0 Å². The van der Waals surface area contributed by atoms with Crippen LogP contribution in [0.25, 0.3) is 10.8 Å². The number of hydrogen-bond acceptors (Lipinski definition) is 0. The molecule has 0 aromatic heterocycles. The van der Waals surface area contributed by atoms with Gasteiger partial charge < -0.3 is 0 Å². The lowest BCUT2D eigenvalue weighted by Crippen LogP contribution is -2.32. The van der Waals surface area contributed by atoms with Gasteiger partial charge in [0.2, 0.25) is 0 Å². The second-order valence-electron chi connectivity index (χ2n) is 13.0. The average molecular weight is 679 g/mol. The van der Waals surface area contributed by atoms with Crippen molar-refractivity contribution in [3.8, 4) is 0 Å². The highest BCUT2D eigenvalue weighted by molar-refractivity contribution is 7.95. The molecule has 8 aromatic carbocycles. The van der Waals surface area contributed by atoms with E-state index < -0.39 is 14.5 Å². The van der Waals surface area contributed by atoms with E-state index >= 15 is 0 Å². The molecule has 0 radical (unpaired) electrons. The average Bonchev–Trinajstić information content (AvgIpc) is 3.21. The molecule has 0 N–H and O–H groups in total. The third kappa shape index (κ3) is 6.12. The zero-order valence-electron chi connectivity index (χ0n) is 28.1. The van der Waals surface area contributed by atoms with E-state index in [0.717, 1.165) is 12.3 Å². The van der Waals surface area contributed by atoms with Gasteiger partial charge in [-0.15, -0.1) is 0 Å². The van der Waals surface area contributed by atoms with Gasteiger partial charge in [0.05, 0.1) is 12.3 Å². The molecule has 0 aliphatic rings. The van der Waals surface area contributed by atoms with Crippen molar-refractivity contribution < 1.29 is 0 Å². The monoisotopic (exact) mass is 678 g/mol. The molecule has 0 aliphatic heterocycles. The zero-order valence-corrected chi connectivity index (χ0v) is 29.9. The van der Waals surface area contributed by atoms with Gasteiger partial charge in [0.1, 0.15) is 46.4 Å². The first-order valence-corrected chi connectivity index (χ1v) is 21.3. The molecule has 0 spiro atoms. The van der Waals surface area contributed by atoms with E-state index in [2.05, 4.69) is 218 Å². The van der Waals surface area contributed by atoms with E-state index in [-0.39, 0.29) is 0 Å². The van der Waals surface area contributed by atoms with Gasteiger partial charge in [0, 0.05) is 0 Å². The van der Waals surface area contributed by atoms with E-state index in [0.29, 0.717) is 0 Å². The van der Waals surface area contributed by atoms with Crippen molar-refractivity contribution in [2.45, 2.75) is 12.3 Å². The second kappa shape index (κ2) is 14.4. The van der Waals surface area contributed by atoms with E-state index in [4.69, 9.17) is 0 Å². The smallest absolute Gasteiger partial charge is 0.0620 e. The van der Waals surface area contributed by atoms with Crippen molar-refractivity contribution in [2.24, 2.45) is 0 Å². The summed E-state index contributed by atoms with van der Waals surface area (Å²) in [5.41, 5.74) is 2.74. The van der Waals surface area contributed by atoms with Gasteiger partial charge in [-0.2, -0.15) is 0 Å². The summed E-state index contributed by atoms with van der Waals surface area (Å²) in [6, 6.07) is 81.5. The van der Waals surface area contributed by atoms with Crippen molar-refractivity contribution in [3.63, 3.8) is 0 Å². The maximum atomic E-state index is 2.44. The van der Waals surface area contributed by atoms with Gasteiger partial charge in [-0.3, -0.25) is 0 Å². The predicted octanol–water partition coefficient (Wildman–Crippen LogP) is 9.83. The Balaban J connectivity index is 1.22. The fraction of sp³-hybridized carbons (Fsp3) is 0.0417. The third-order valence-corrected chi connectivity index (χ3v) is 18.7. The molecule has 8 rings (SSSR count). The number of fused-ring (bicyclic) bond motifs is 1. The van der Waals surface area contributed by atoms with Gasteiger partial charge in [-0.05, 0) is 107 Å². The quantitative estimate of drug-likeness (QED) is 0.126. The second-order valence-corrected chi connectivity index (χ2v) is 19.9. The fourth-order valence-corrected chi connectivity index (χ4v) is 16.1. The first kappa shape index (κ1) is 32.1. The number of benzene rings is 8. The largest absolute Gasteiger partial charge is 0.116 e. The van der Waals surface area contributed by atoms with Gasteiger partial charge in [0.25, 0.3) is 0 Å². The van der Waals surface area contributed by atoms with E-state index in [1.165, 1.54) is 53.7 Å². The molecule has 0 saturated carbocycles. The summed E-state index contributed by atoms with van der Waals surface area (Å²) in [6.07, 6.45) is 1.93. The minimum atomic E-state index is -1.99. The number of rotatable bonds is 10. The van der Waals surface area contributed by atoms with E-state index in [1.54, 1.807) is 0 Å². The standard InChI is InChI=1S/C48H40P2/c1-7-19-43(20-8-1)49(44-21-9-2-10-22-44,45-23-11-3-12-24-45)37-39-31-33-42-36-40(32-34-41(42)35-39)38-50(46-25-13-4-14-26-46,47-27-15-5-16-28-47)48-29-17-6-18-30-48/h1-36H,37-38H2/q+2. The normalized spacial score (nSPS) is 11.8. The Kier molecular flexibility index (Phi) is 9.24. The summed E-state index contributed by atoms with van der Waals surface area (Å²) in [5, 5.41) is 11.1. The highest BCUT2D eigenvalue weighted by atomic mass is 31.2. The maximum Gasteiger partial charge on any atom is 0.116 e. The molecule has 0 fully saturated rings. The summed E-state index contributed by atoms with van der Waals surface area (Å²) in [4.78, 5) is 0. The van der Waals surface area contributed by atoms with Crippen LogP contribution in [0.15, 0.2) is 218 Å². The zero-order chi connectivity index (χ0) is 33.6. The summed E-state index contributed by atoms with van der Waals surface area (Å²) in [7, 11) is -3.98. The van der Waals surface area contributed by atoms with Gasteiger partial charge >= 0.3 is 0 Å². The topological polar surface area (TPSA) is 0 Å². The van der Waals surface area contributed by atoms with E-state index in [9.17, 15) is 0 Å². The molecule has 0 heterocycles. The lowest BCUT2D eigenvalue weighted by Gasteiger charge is -2.28. The molecule has 0 unspecified atom stereocenters. The minimum Gasteiger partial charge on any atom is -0.0620 e. The summed E-state index contributed by atoms with van der Waals surface area (Å²) >= 11 is 0. The molecule has 50 heavy (non-hydrogen) atoms. The van der Waals surface area contributed by atoms with Gasteiger partial charge in [-0.25, -0.2) is 0 Å². The molecular weight excluding hydrogens is 638 g/mol. The highest BCUT2D eigenvalue weighted by Crippen LogP contribution is 2.59. The molecule has 0 atom stereocenters. The van der Waals surface area contributed by atoms with Crippen molar-refractivity contribution in [2.75, 3.05) is 0 Å². The van der Waals surface area contributed by atoms with Crippen LogP contribution in [0.5, 0.6) is 0 Å². The molecule has 8 aromatic rings. The summed E-state index contributed by atoms with van der Waals surface area (Å²) < 4.78 is 0. The maximum absolute atomic E-state index is 2.44. The van der Waals surface area contributed by atoms with E-state index in [1.807, 2.05) is 0 Å². The first-order chi connectivity index (χ1) is 24.8. The molecule has 0 aliphatic carbocycles. The van der Waals surface area contributed by atoms with Crippen LogP contribution in [0.2, 0.25) is 0 Å². The summed E-state index contributed by atoms with van der Waals surface area (Å²) in [6.45, 7) is 0. The Bertz CT molecular complexity index is 1930. The fourth-order valence-electron chi connectivity index (χ4n) is 7.63. The predicted molar refractivity (Wildman–Crippen MR) is 222 cm³/mol.